The van der Waals surface area contributed by atoms with Crippen LogP contribution in [0.4, 0.5) is 0 Å². The van der Waals surface area contributed by atoms with E-state index in [2.05, 4.69) is 25.7 Å². The van der Waals surface area contributed by atoms with Gasteiger partial charge in [0.25, 0.3) is 0 Å². The summed E-state index contributed by atoms with van der Waals surface area (Å²) in [5, 5.41) is 18.3. The summed E-state index contributed by atoms with van der Waals surface area (Å²) in [5.74, 6) is 0.0457. The maximum Gasteiger partial charge on any atom is 0.228 e. The zero-order valence-electron chi connectivity index (χ0n) is 13.9. The number of hydrogen-bond acceptors (Lipinski definition) is 4. The van der Waals surface area contributed by atoms with Gasteiger partial charge in [0.1, 0.15) is 0 Å². The molecule has 0 aromatic carbocycles. The Labute approximate surface area is 123 Å². The lowest BCUT2D eigenvalue weighted by Gasteiger charge is -2.37. The van der Waals surface area contributed by atoms with Crippen LogP contribution in [0.25, 0.3) is 0 Å². The maximum atomic E-state index is 12.3. The van der Waals surface area contributed by atoms with Crippen LogP contribution in [0.1, 0.15) is 41.5 Å². The van der Waals surface area contributed by atoms with Gasteiger partial charge >= 0.3 is 0 Å². The molecule has 0 spiro atoms. The molecule has 0 bridgehead atoms. The predicted octanol–water partition coefficient (Wildman–Crippen LogP) is 0.946. The Morgan fingerprint density at radius 2 is 1.35 bits per heavy atom. The first-order valence-corrected chi connectivity index (χ1v) is 7.30. The summed E-state index contributed by atoms with van der Waals surface area (Å²) in [4.78, 5) is 16.2. The number of aliphatic hydroxyl groups excluding tert-OH is 2. The molecule has 5 nitrogen and oxygen atoms in total. The highest BCUT2D eigenvalue weighted by Crippen LogP contribution is 2.18. The third-order valence-electron chi connectivity index (χ3n) is 3.26. The third kappa shape index (κ3) is 6.68. The van der Waals surface area contributed by atoms with Gasteiger partial charge < -0.3 is 15.1 Å². The fraction of sp³-hybridized carbons (Fsp3) is 0.933. The molecule has 0 saturated carbocycles. The Morgan fingerprint density at radius 1 is 0.850 bits per heavy atom. The van der Waals surface area contributed by atoms with Crippen LogP contribution in [0.2, 0.25) is 0 Å². The van der Waals surface area contributed by atoms with Crippen molar-refractivity contribution in [2.45, 2.75) is 47.1 Å². The summed E-state index contributed by atoms with van der Waals surface area (Å²) < 4.78 is 0. The van der Waals surface area contributed by atoms with E-state index in [9.17, 15) is 4.79 Å². The summed E-state index contributed by atoms with van der Waals surface area (Å²) in [6.45, 7) is 14.2. The highest BCUT2D eigenvalue weighted by molar-refractivity contribution is 5.81. The van der Waals surface area contributed by atoms with Crippen molar-refractivity contribution in [3.05, 3.63) is 0 Å². The normalized spacial score (nSPS) is 12.8. The number of rotatable bonds is 7. The molecular weight excluding hydrogens is 256 g/mol. The summed E-state index contributed by atoms with van der Waals surface area (Å²) in [5.41, 5.74) is -0.503. The SMILES string of the molecule is CC(C)(C)C(=O)N(CCO)CCN(CCO)C(C)(C)C. The van der Waals surface area contributed by atoms with Gasteiger partial charge in [-0.25, -0.2) is 0 Å². The maximum absolute atomic E-state index is 12.3. The van der Waals surface area contributed by atoms with Gasteiger partial charge in [-0.2, -0.15) is 0 Å². The summed E-state index contributed by atoms with van der Waals surface area (Å²) in [6, 6.07) is 0. The first kappa shape index (κ1) is 19.4. The molecule has 20 heavy (non-hydrogen) atoms. The van der Waals surface area contributed by atoms with Crippen LogP contribution in [-0.2, 0) is 4.79 Å². The Bertz CT molecular complexity index is 292. The van der Waals surface area contributed by atoms with Crippen molar-refractivity contribution in [3.63, 3.8) is 0 Å². The van der Waals surface area contributed by atoms with E-state index >= 15 is 0 Å². The molecule has 0 aliphatic rings. The molecule has 0 aromatic rings. The Morgan fingerprint density at radius 3 is 1.70 bits per heavy atom. The van der Waals surface area contributed by atoms with Crippen molar-refractivity contribution in [3.8, 4) is 0 Å². The summed E-state index contributed by atoms with van der Waals surface area (Å²) in [6.07, 6.45) is 0. The van der Waals surface area contributed by atoms with Crippen LogP contribution in [-0.4, -0.2) is 70.9 Å². The smallest absolute Gasteiger partial charge is 0.228 e. The lowest BCUT2D eigenvalue weighted by Crippen LogP contribution is -2.49. The highest BCUT2D eigenvalue weighted by atomic mass is 16.3. The first-order valence-electron chi connectivity index (χ1n) is 7.30. The summed E-state index contributed by atoms with van der Waals surface area (Å²) >= 11 is 0. The molecule has 0 fully saturated rings. The van der Waals surface area contributed by atoms with E-state index < -0.39 is 5.41 Å². The average molecular weight is 288 g/mol. The fourth-order valence-corrected chi connectivity index (χ4v) is 2.05. The zero-order chi connectivity index (χ0) is 16.0. The Kier molecular flexibility index (Phi) is 7.70. The van der Waals surface area contributed by atoms with Crippen molar-refractivity contribution < 1.29 is 15.0 Å². The van der Waals surface area contributed by atoms with E-state index in [1.165, 1.54) is 0 Å². The molecule has 0 aliphatic carbocycles. The third-order valence-corrected chi connectivity index (χ3v) is 3.26. The van der Waals surface area contributed by atoms with Gasteiger partial charge in [-0.15, -0.1) is 0 Å². The molecule has 0 heterocycles. The van der Waals surface area contributed by atoms with E-state index in [1.54, 1.807) is 4.90 Å². The lowest BCUT2D eigenvalue weighted by molar-refractivity contribution is -0.140. The molecule has 0 aliphatic heterocycles. The first-order chi connectivity index (χ1) is 9.04. The largest absolute Gasteiger partial charge is 0.395 e. The second-order valence-corrected chi connectivity index (χ2v) is 7.15. The van der Waals surface area contributed by atoms with Crippen LogP contribution in [0.3, 0.4) is 0 Å². The second-order valence-electron chi connectivity index (χ2n) is 7.15. The van der Waals surface area contributed by atoms with Crippen LogP contribution < -0.4 is 0 Å². The number of hydrogen-bond donors (Lipinski definition) is 2. The van der Waals surface area contributed by atoms with Gasteiger partial charge in [0.2, 0.25) is 5.91 Å². The number of nitrogens with zero attached hydrogens (tertiary/aromatic N) is 2. The zero-order valence-corrected chi connectivity index (χ0v) is 13.9. The molecular formula is C15H32N2O3. The number of carbonyl (C=O) groups excluding carboxylic acids is 1. The van der Waals surface area contributed by atoms with Crippen molar-refractivity contribution in [2.24, 2.45) is 5.41 Å². The van der Waals surface area contributed by atoms with Gasteiger partial charge in [-0.1, -0.05) is 20.8 Å². The topological polar surface area (TPSA) is 64.0 Å². The van der Waals surface area contributed by atoms with Gasteiger partial charge in [-0.3, -0.25) is 9.69 Å². The lowest BCUT2D eigenvalue weighted by atomic mass is 9.94. The van der Waals surface area contributed by atoms with Crippen LogP contribution in [0.5, 0.6) is 0 Å². The molecule has 0 unspecified atom stereocenters. The summed E-state index contributed by atoms with van der Waals surface area (Å²) in [7, 11) is 0. The van der Waals surface area contributed by atoms with Gasteiger partial charge in [-0.05, 0) is 20.8 Å². The van der Waals surface area contributed by atoms with Gasteiger partial charge in [0, 0.05) is 37.1 Å². The van der Waals surface area contributed by atoms with Gasteiger partial charge in [0.15, 0.2) is 0 Å². The number of aliphatic hydroxyl groups is 2. The molecule has 2 N–H and O–H groups in total. The minimum Gasteiger partial charge on any atom is -0.395 e. The molecule has 0 saturated heterocycles. The van der Waals surface area contributed by atoms with E-state index in [0.717, 1.165) is 0 Å². The highest BCUT2D eigenvalue weighted by Gasteiger charge is 2.28. The van der Waals surface area contributed by atoms with E-state index in [-0.39, 0.29) is 24.7 Å². The number of amides is 1. The Balaban J connectivity index is 4.71. The minimum atomic E-state index is -0.446. The van der Waals surface area contributed by atoms with Crippen molar-refractivity contribution >= 4 is 5.91 Å². The predicted molar refractivity (Wildman–Crippen MR) is 81.5 cm³/mol. The molecule has 0 rings (SSSR count). The van der Waals surface area contributed by atoms with Crippen LogP contribution in [0.15, 0.2) is 0 Å². The minimum absolute atomic E-state index is 0.0304. The molecule has 120 valence electrons. The quantitative estimate of drug-likeness (QED) is 0.732. The monoisotopic (exact) mass is 288 g/mol. The van der Waals surface area contributed by atoms with Crippen LogP contribution in [0, 0.1) is 5.41 Å². The molecule has 0 atom stereocenters. The van der Waals surface area contributed by atoms with Crippen molar-refractivity contribution in [1.29, 1.82) is 0 Å². The number of carbonyl (C=O) groups is 1. The van der Waals surface area contributed by atoms with E-state index in [1.807, 2.05) is 20.8 Å². The second kappa shape index (κ2) is 7.96. The number of β-amino-alcohol motifs (C(OH)–C–C–N with tert-alkyl or cyclic N) is 1. The standard InChI is InChI=1S/C15H32N2O3/c1-14(2,3)13(20)16(9-11-18)7-8-17(10-12-19)15(4,5)6/h18-19H,7-12H2,1-6H3. The molecule has 0 aromatic heterocycles. The molecule has 1 amide bonds. The fourth-order valence-electron chi connectivity index (χ4n) is 2.05. The van der Waals surface area contributed by atoms with Crippen molar-refractivity contribution in [1.82, 2.24) is 9.80 Å². The Hall–Kier alpha value is -0.650. The molecule has 0 radical (unpaired) electrons. The van der Waals surface area contributed by atoms with Crippen LogP contribution >= 0.6 is 0 Å². The van der Waals surface area contributed by atoms with Gasteiger partial charge in [0.05, 0.1) is 13.2 Å². The average Bonchev–Trinajstić information content (AvgIpc) is 2.29. The van der Waals surface area contributed by atoms with E-state index in [0.29, 0.717) is 26.2 Å². The molecule has 5 heteroatoms. The van der Waals surface area contributed by atoms with E-state index in [4.69, 9.17) is 10.2 Å². The van der Waals surface area contributed by atoms with Crippen molar-refractivity contribution in [2.75, 3.05) is 39.4 Å².